The van der Waals surface area contributed by atoms with E-state index in [4.69, 9.17) is 9.15 Å². The summed E-state index contributed by atoms with van der Waals surface area (Å²) in [6, 6.07) is 13.1. The average Bonchev–Trinajstić information content (AvgIpc) is 2.61. The van der Waals surface area contributed by atoms with E-state index in [1.807, 2.05) is 24.3 Å². The first-order valence-electron chi connectivity index (χ1n) is 7.42. The number of ether oxygens (including phenoxy) is 1. The van der Waals surface area contributed by atoms with Gasteiger partial charge in [-0.05, 0) is 36.2 Å². The summed E-state index contributed by atoms with van der Waals surface area (Å²) in [7, 11) is 1.57. The number of fused-ring (bicyclic) bond motifs is 1. The average molecular weight is 304 g/mol. The Morgan fingerprint density at radius 2 is 1.87 bits per heavy atom. The number of benzene rings is 2. The lowest BCUT2D eigenvalue weighted by molar-refractivity contribution is 0.414. The molecule has 0 aliphatic rings. The number of hydrogen-bond acceptors (Lipinski definition) is 3. The molecule has 0 spiro atoms. The molecule has 0 unspecified atom stereocenters. The zero-order valence-corrected chi connectivity index (χ0v) is 13.1. The molecule has 0 N–H and O–H groups in total. The molecule has 23 heavy (non-hydrogen) atoms. The molecule has 1 aromatic heterocycles. The predicted molar refractivity (Wildman–Crippen MR) is 90.8 cm³/mol. The maximum atomic E-state index is 12.4. The summed E-state index contributed by atoms with van der Waals surface area (Å²) in [5, 5.41) is 0.499. The van der Waals surface area contributed by atoms with Gasteiger partial charge in [0.25, 0.3) is 0 Å². The van der Waals surface area contributed by atoms with Gasteiger partial charge < -0.3 is 9.15 Å². The van der Waals surface area contributed by atoms with Gasteiger partial charge in [0.15, 0.2) is 0 Å². The summed E-state index contributed by atoms with van der Waals surface area (Å²) >= 11 is 0. The SMILES string of the molecule is CCc1ccc(C#Cc2coc3cc(OC)ccc3c2=O)cc1. The summed E-state index contributed by atoms with van der Waals surface area (Å²) in [5.41, 5.74) is 2.84. The molecule has 0 atom stereocenters. The normalized spacial score (nSPS) is 10.2. The maximum absolute atomic E-state index is 12.4. The molecule has 3 aromatic rings. The molecule has 0 fully saturated rings. The van der Waals surface area contributed by atoms with Gasteiger partial charge in [-0.3, -0.25) is 4.79 Å². The molecule has 2 aromatic carbocycles. The van der Waals surface area contributed by atoms with Crippen LogP contribution in [0, 0.1) is 11.8 Å². The summed E-state index contributed by atoms with van der Waals surface area (Å²) < 4.78 is 10.6. The van der Waals surface area contributed by atoms with Crippen LogP contribution in [0.15, 0.2) is 57.9 Å². The number of rotatable bonds is 2. The largest absolute Gasteiger partial charge is 0.497 e. The first kappa shape index (κ1) is 14.9. The topological polar surface area (TPSA) is 39.4 Å². The monoisotopic (exact) mass is 304 g/mol. The van der Waals surface area contributed by atoms with E-state index in [0.29, 0.717) is 22.3 Å². The molecule has 3 nitrogen and oxygen atoms in total. The Morgan fingerprint density at radius 3 is 2.57 bits per heavy atom. The zero-order valence-electron chi connectivity index (χ0n) is 13.1. The van der Waals surface area contributed by atoms with Gasteiger partial charge in [0, 0.05) is 11.6 Å². The quantitative estimate of drug-likeness (QED) is 0.677. The Kier molecular flexibility index (Phi) is 4.16. The van der Waals surface area contributed by atoms with Crippen LogP contribution in [0.1, 0.15) is 23.6 Å². The van der Waals surface area contributed by atoms with E-state index in [1.54, 1.807) is 25.3 Å². The van der Waals surface area contributed by atoms with Crippen molar-refractivity contribution in [3.8, 4) is 17.6 Å². The standard InChI is InChI=1S/C20H16O3/c1-3-14-4-6-15(7-5-14)8-9-16-13-23-19-12-17(22-2)10-11-18(19)20(16)21/h4-7,10-13H,3H2,1-2H3. The highest BCUT2D eigenvalue weighted by Gasteiger charge is 2.06. The fourth-order valence-electron chi connectivity index (χ4n) is 2.29. The molecule has 3 rings (SSSR count). The van der Waals surface area contributed by atoms with Gasteiger partial charge in [0.05, 0.1) is 12.5 Å². The molecule has 0 amide bonds. The van der Waals surface area contributed by atoms with Crippen molar-refractivity contribution in [2.24, 2.45) is 0 Å². The van der Waals surface area contributed by atoms with Gasteiger partial charge in [0.2, 0.25) is 5.43 Å². The van der Waals surface area contributed by atoms with Gasteiger partial charge in [0.1, 0.15) is 23.2 Å². The van der Waals surface area contributed by atoms with Crippen LogP contribution in [0.5, 0.6) is 5.75 Å². The van der Waals surface area contributed by atoms with Crippen LogP contribution in [0.25, 0.3) is 11.0 Å². The number of hydrogen-bond donors (Lipinski definition) is 0. The van der Waals surface area contributed by atoms with E-state index in [2.05, 4.69) is 18.8 Å². The summed E-state index contributed by atoms with van der Waals surface area (Å²) in [6.07, 6.45) is 2.39. The molecule has 0 aliphatic carbocycles. The highest BCUT2D eigenvalue weighted by molar-refractivity contribution is 5.79. The van der Waals surface area contributed by atoms with Crippen LogP contribution in [0.2, 0.25) is 0 Å². The van der Waals surface area contributed by atoms with Crippen LogP contribution in [-0.4, -0.2) is 7.11 Å². The smallest absolute Gasteiger partial charge is 0.208 e. The first-order valence-corrected chi connectivity index (χ1v) is 7.42. The van der Waals surface area contributed by atoms with E-state index in [9.17, 15) is 4.79 Å². The van der Waals surface area contributed by atoms with Crippen molar-refractivity contribution < 1.29 is 9.15 Å². The van der Waals surface area contributed by atoms with Crippen LogP contribution in [-0.2, 0) is 6.42 Å². The van der Waals surface area contributed by atoms with Gasteiger partial charge >= 0.3 is 0 Å². The maximum Gasteiger partial charge on any atom is 0.208 e. The van der Waals surface area contributed by atoms with Crippen molar-refractivity contribution in [1.29, 1.82) is 0 Å². The minimum atomic E-state index is -0.133. The fraction of sp³-hybridized carbons (Fsp3) is 0.150. The minimum Gasteiger partial charge on any atom is -0.497 e. The van der Waals surface area contributed by atoms with Crippen molar-refractivity contribution in [1.82, 2.24) is 0 Å². The third-order valence-electron chi connectivity index (χ3n) is 3.69. The lowest BCUT2D eigenvalue weighted by Gasteiger charge is -2.01. The Morgan fingerprint density at radius 1 is 1.09 bits per heavy atom. The van der Waals surface area contributed by atoms with Crippen molar-refractivity contribution in [2.45, 2.75) is 13.3 Å². The molecule has 0 radical (unpaired) electrons. The summed E-state index contributed by atoms with van der Waals surface area (Å²) in [4.78, 5) is 12.4. The Balaban J connectivity index is 1.99. The zero-order chi connectivity index (χ0) is 16.2. The molecule has 0 aliphatic heterocycles. The third kappa shape index (κ3) is 3.12. The molecule has 1 heterocycles. The Labute approximate surface area is 134 Å². The van der Waals surface area contributed by atoms with Crippen LogP contribution >= 0.6 is 0 Å². The van der Waals surface area contributed by atoms with Crippen molar-refractivity contribution in [2.75, 3.05) is 7.11 Å². The van der Waals surface area contributed by atoms with Crippen molar-refractivity contribution in [3.05, 3.63) is 75.6 Å². The van der Waals surface area contributed by atoms with Crippen molar-refractivity contribution in [3.63, 3.8) is 0 Å². The number of aryl methyl sites for hydroxylation is 1. The summed E-state index contributed by atoms with van der Waals surface area (Å²) in [6.45, 7) is 2.11. The highest BCUT2D eigenvalue weighted by atomic mass is 16.5. The second-order valence-corrected chi connectivity index (χ2v) is 5.14. The fourth-order valence-corrected chi connectivity index (χ4v) is 2.29. The molecule has 3 heteroatoms. The number of methoxy groups -OCH3 is 1. The highest BCUT2D eigenvalue weighted by Crippen LogP contribution is 2.18. The second kappa shape index (κ2) is 6.41. The lowest BCUT2D eigenvalue weighted by atomic mass is 10.1. The summed E-state index contributed by atoms with van der Waals surface area (Å²) in [5.74, 6) is 6.55. The van der Waals surface area contributed by atoms with Crippen LogP contribution in [0.4, 0.5) is 0 Å². The second-order valence-electron chi connectivity index (χ2n) is 5.14. The molecule has 0 saturated heterocycles. The van der Waals surface area contributed by atoms with Crippen LogP contribution in [0.3, 0.4) is 0 Å². The molecular formula is C20H16O3. The van der Waals surface area contributed by atoms with Gasteiger partial charge in [-0.1, -0.05) is 30.9 Å². The molecule has 0 bridgehead atoms. The Hall–Kier alpha value is -2.99. The van der Waals surface area contributed by atoms with Crippen molar-refractivity contribution >= 4 is 11.0 Å². The van der Waals surface area contributed by atoms with Gasteiger partial charge in [-0.25, -0.2) is 0 Å². The van der Waals surface area contributed by atoms with Gasteiger partial charge in [-0.15, -0.1) is 0 Å². The lowest BCUT2D eigenvalue weighted by Crippen LogP contribution is -2.05. The molecular weight excluding hydrogens is 288 g/mol. The van der Waals surface area contributed by atoms with E-state index < -0.39 is 0 Å². The van der Waals surface area contributed by atoms with E-state index >= 15 is 0 Å². The van der Waals surface area contributed by atoms with E-state index in [0.717, 1.165) is 12.0 Å². The first-order chi connectivity index (χ1) is 11.2. The molecule has 0 saturated carbocycles. The van der Waals surface area contributed by atoms with E-state index in [-0.39, 0.29) is 5.43 Å². The predicted octanol–water partition coefficient (Wildman–Crippen LogP) is 3.76. The minimum absolute atomic E-state index is 0.133. The third-order valence-corrected chi connectivity index (χ3v) is 3.69. The van der Waals surface area contributed by atoms with E-state index in [1.165, 1.54) is 11.8 Å². The van der Waals surface area contributed by atoms with Crippen LogP contribution < -0.4 is 10.2 Å². The van der Waals surface area contributed by atoms with Gasteiger partial charge in [-0.2, -0.15) is 0 Å². The molecule has 114 valence electrons. The Bertz CT molecular complexity index is 954.